The van der Waals surface area contributed by atoms with Gasteiger partial charge in [0.2, 0.25) is 0 Å². The van der Waals surface area contributed by atoms with Gasteiger partial charge in [-0.05, 0) is 23.4 Å². The molecule has 0 saturated carbocycles. The lowest BCUT2D eigenvalue weighted by atomic mass is 9.57. The highest BCUT2D eigenvalue weighted by atomic mass is 16.2. The fourth-order valence-corrected chi connectivity index (χ4v) is 2.17. The van der Waals surface area contributed by atoms with Crippen molar-refractivity contribution >= 4 is 21.6 Å². The normalized spacial score (nSPS) is 14.6. The largest absolute Gasteiger partial charge is 0.343 e. The molecule has 1 aromatic rings. The lowest BCUT2D eigenvalue weighted by Crippen LogP contribution is -2.58. The molecule has 0 bridgehead atoms. The average molecular weight is 313 g/mol. The Bertz CT molecular complexity index is 486. The minimum Gasteiger partial charge on any atom is -0.343 e. The second-order valence-electron chi connectivity index (χ2n) is 5.44. The summed E-state index contributed by atoms with van der Waals surface area (Å²) in [5, 5.41) is -1.12. The molecule has 4 radical (unpaired) electrons. The van der Waals surface area contributed by atoms with Crippen LogP contribution in [-0.2, 0) is 5.34 Å². The molecule has 1 aliphatic heterocycles. The summed E-state index contributed by atoms with van der Waals surface area (Å²) < 4.78 is 0. The van der Waals surface area contributed by atoms with Crippen molar-refractivity contribution in [1.82, 2.24) is 14.8 Å². The summed E-state index contributed by atoms with van der Waals surface area (Å²) >= 11 is 0. The van der Waals surface area contributed by atoms with Crippen LogP contribution in [0, 0.1) is 5.92 Å². The van der Waals surface area contributed by atoms with E-state index in [0.29, 0.717) is 17.3 Å². The van der Waals surface area contributed by atoms with Gasteiger partial charge in [-0.15, -0.1) is 0 Å². The first kappa shape index (κ1) is 21.7. The third-order valence-electron chi connectivity index (χ3n) is 3.37. The number of amides is 1. The van der Waals surface area contributed by atoms with Gasteiger partial charge in [-0.3, -0.25) is 4.79 Å². The van der Waals surface area contributed by atoms with Crippen LogP contribution in [-0.4, -0.2) is 63.6 Å². The van der Waals surface area contributed by atoms with Crippen LogP contribution < -0.4 is 0 Å². The first-order valence-electron chi connectivity index (χ1n) is 8.34. The molecule has 4 nitrogen and oxygen atoms in total. The number of likely N-dealkylation sites (tertiary alicyclic amines) is 1. The van der Waals surface area contributed by atoms with Gasteiger partial charge in [0.05, 0.1) is 15.7 Å². The summed E-state index contributed by atoms with van der Waals surface area (Å²) in [7, 11) is 15.7. The average Bonchev–Trinajstić information content (AvgIpc) is 2.55. The second kappa shape index (κ2) is 9.76. The molecule has 2 heterocycles. The molecule has 0 aliphatic carbocycles. The Labute approximate surface area is 144 Å². The third-order valence-corrected chi connectivity index (χ3v) is 3.37. The number of pyridine rings is 1. The molecule has 0 N–H and O–H groups in total. The van der Waals surface area contributed by atoms with Crippen LogP contribution in [0.2, 0.25) is 0 Å². The quantitative estimate of drug-likeness (QED) is 0.803. The van der Waals surface area contributed by atoms with Crippen molar-refractivity contribution in [2.45, 2.75) is 40.0 Å². The Morgan fingerprint density at radius 3 is 2.17 bits per heavy atom. The summed E-state index contributed by atoms with van der Waals surface area (Å²) in [6.45, 7) is 11.8. The van der Waals surface area contributed by atoms with E-state index in [0.717, 1.165) is 13.1 Å². The van der Waals surface area contributed by atoms with Crippen LogP contribution in [0.15, 0.2) is 18.2 Å². The topological polar surface area (TPSA) is 36.4 Å². The molecule has 1 amide bonds. The van der Waals surface area contributed by atoms with E-state index in [2.05, 4.69) is 11.9 Å². The van der Waals surface area contributed by atoms with Crippen molar-refractivity contribution in [3.8, 4) is 0 Å². The fraction of sp³-hybridized carbons (Fsp3) is 0.647. The third kappa shape index (κ3) is 5.38. The van der Waals surface area contributed by atoms with Gasteiger partial charge in [-0.25, -0.2) is 4.98 Å². The Hall–Kier alpha value is -1.29. The van der Waals surface area contributed by atoms with Crippen molar-refractivity contribution in [3.05, 3.63) is 29.6 Å². The lowest BCUT2D eigenvalue weighted by molar-refractivity contribution is 0.0740. The van der Waals surface area contributed by atoms with E-state index >= 15 is 0 Å². The highest BCUT2D eigenvalue weighted by Gasteiger charge is 2.36. The first-order chi connectivity index (χ1) is 10.8. The van der Waals surface area contributed by atoms with E-state index in [1.165, 1.54) is 4.90 Å². The van der Waals surface area contributed by atoms with Gasteiger partial charge < -0.3 is 9.80 Å². The maximum atomic E-state index is 11.9. The SMILES string of the molecule is CC.CC.[B]C([B])(c1cccc(C(=O)N(C)C)n1)N1CC(C)C1. The molecule has 23 heavy (non-hydrogen) atoms. The zero-order chi connectivity index (χ0) is 18.2. The van der Waals surface area contributed by atoms with Crippen LogP contribution in [0.1, 0.15) is 50.8 Å². The molecule has 124 valence electrons. The molecule has 0 aromatic carbocycles. The van der Waals surface area contributed by atoms with Gasteiger partial charge >= 0.3 is 0 Å². The Morgan fingerprint density at radius 1 is 1.22 bits per heavy atom. The van der Waals surface area contributed by atoms with Crippen molar-refractivity contribution in [3.63, 3.8) is 0 Å². The van der Waals surface area contributed by atoms with Crippen LogP contribution in [0.25, 0.3) is 0 Å². The summed E-state index contributed by atoms with van der Waals surface area (Å²) in [5.74, 6) is 0.438. The Morgan fingerprint density at radius 2 is 1.74 bits per heavy atom. The minimum atomic E-state index is -1.12. The van der Waals surface area contributed by atoms with Gasteiger partial charge in [0.1, 0.15) is 5.69 Å². The summed E-state index contributed by atoms with van der Waals surface area (Å²) in [6, 6.07) is 5.19. The molecule has 0 atom stereocenters. The van der Waals surface area contributed by atoms with E-state index in [4.69, 9.17) is 15.7 Å². The predicted octanol–water partition coefficient (Wildman–Crippen LogP) is 2.23. The van der Waals surface area contributed by atoms with E-state index in [-0.39, 0.29) is 5.91 Å². The van der Waals surface area contributed by atoms with E-state index < -0.39 is 5.34 Å². The van der Waals surface area contributed by atoms with Gasteiger partial charge in [0, 0.05) is 32.9 Å². The van der Waals surface area contributed by atoms with E-state index in [1.54, 1.807) is 32.3 Å². The summed E-state index contributed by atoms with van der Waals surface area (Å²) in [5.41, 5.74) is 0.878. The van der Waals surface area contributed by atoms with Crippen LogP contribution in [0.5, 0.6) is 0 Å². The number of nitrogens with zero attached hydrogens (tertiary/aromatic N) is 3. The second-order valence-corrected chi connectivity index (χ2v) is 5.44. The molecule has 0 unspecified atom stereocenters. The molecule has 6 heteroatoms. The molecule has 1 aromatic heterocycles. The molecule has 1 aliphatic rings. The molecule has 1 fully saturated rings. The van der Waals surface area contributed by atoms with Gasteiger partial charge in [0.15, 0.2) is 0 Å². The highest BCUT2D eigenvalue weighted by Crippen LogP contribution is 2.28. The maximum Gasteiger partial charge on any atom is 0.271 e. The monoisotopic (exact) mass is 313 g/mol. The van der Waals surface area contributed by atoms with Gasteiger partial charge in [0.25, 0.3) is 5.91 Å². The van der Waals surface area contributed by atoms with E-state index in [1.807, 2.05) is 32.6 Å². The highest BCUT2D eigenvalue weighted by molar-refractivity contribution is 6.39. The molecule has 2 rings (SSSR count). The summed E-state index contributed by atoms with van der Waals surface area (Å²) in [6.07, 6.45) is 0. The maximum absolute atomic E-state index is 11.9. The van der Waals surface area contributed by atoms with Crippen LogP contribution in [0.4, 0.5) is 0 Å². The molecule has 1 saturated heterocycles. The smallest absolute Gasteiger partial charge is 0.271 e. The molecular weight excluding hydrogens is 284 g/mol. The van der Waals surface area contributed by atoms with Crippen LogP contribution >= 0.6 is 0 Å². The predicted molar refractivity (Wildman–Crippen MR) is 98.9 cm³/mol. The fourth-order valence-electron chi connectivity index (χ4n) is 2.17. The van der Waals surface area contributed by atoms with Gasteiger partial charge in [-0.2, -0.15) is 0 Å². The lowest BCUT2D eigenvalue weighted by Gasteiger charge is -2.49. The Balaban J connectivity index is 0.00000112. The number of carbonyl (C=O) groups excluding carboxylic acids is 1. The number of aromatic nitrogens is 1. The number of carbonyl (C=O) groups is 1. The van der Waals surface area contributed by atoms with Crippen LogP contribution in [0.3, 0.4) is 0 Å². The number of rotatable bonds is 3. The van der Waals surface area contributed by atoms with Crippen molar-refractivity contribution in [2.75, 3.05) is 27.2 Å². The number of hydrogen-bond donors (Lipinski definition) is 0. The van der Waals surface area contributed by atoms with Crippen molar-refractivity contribution in [2.24, 2.45) is 5.92 Å². The first-order valence-corrected chi connectivity index (χ1v) is 8.34. The zero-order valence-electron chi connectivity index (χ0n) is 15.6. The summed E-state index contributed by atoms with van der Waals surface area (Å²) in [4.78, 5) is 19.6. The number of hydrogen-bond acceptors (Lipinski definition) is 3. The van der Waals surface area contributed by atoms with Crippen molar-refractivity contribution < 1.29 is 4.79 Å². The van der Waals surface area contributed by atoms with E-state index in [9.17, 15) is 4.79 Å². The Kier molecular flexibility index (Phi) is 9.21. The van der Waals surface area contributed by atoms with Gasteiger partial charge in [-0.1, -0.05) is 40.7 Å². The standard InChI is InChI=1S/C13H17B2N3O.2C2H6/c1-9-7-18(8-9)13(14,15)11-6-4-5-10(16-11)12(19)17(2)3;2*1-2/h4-6,9H,7-8H2,1-3H3;2*1-2H3. The molecule has 0 spiro atoms. The zero-order valence-corrected chi connectivity index (χ0v) is 15.6. The minimum absolute atomic E-state index is 0.158. The van der Waals surface area contributed by atoms with Crippen molar-refractivity contribution in [1.29, 1.82) is 0 Å². The molecular formula is C17H29B2N3O.